The lowest BCUT2D eigenvalue weighted by atomic mass is 9.88. The van der Waals surface area contributed by atoms with Crippen molar-refractivity contribution in [3.63, 3.8) is 0 Å². The van der Waals surface area contributed by atoms with Crippen LogP contribution in [-0.4, -0.2) is 47.1 Å². The van der Waals surface area contributed by atoms with Crippen molar-refractivity contribution in [2.45, 2.75) is 18.8 Å². The van der Waals surface area contributed by atoms with Crippen LogP contribution in [0.5, 0.6) is 5.75 Å². The highest BCUT2D eigenvalue weighted by Crippen LogP contribution is 2.32. The molecule has 0 spiro atoms. The van der Waals surface area contributed by atoms with Gasteiger partial charge in [0.15, 0.2) is 0 Å². The highest BCUT2D eigenvalue weighted by atomic mass is 16.4. The number of benzene rings is 3. The molecule has 3 N–H and O–H groups in total. The summed E-state index contributed by atoms with van der Waals surface area (Å²) in [5.41, 5.74) is 3.03. The van der Waals surface area contributed by atoms with Gasteiger partial charge in [0.2, 0.25) is 0 Å². The smallest absolute Gasteiger partial charge is 0.337 e. The molecule has 1 amide bonds. The first-order valence-electron chi connectivity index (χ1n) is 10.7. The van der Waals surface area contributed by atoms with Crippen LogP contribution >= 0.6 is 0 Å². The quantitative estimate of drug-likeness (QED) is 0.540. The van der Waals surface area contributed by atoms with E-state index >= 15 is 0 Å². The van der Waals surface area contributed by atoms with Crippen LogP contribution in [-0.2, 0) is 0 Å². The minimum absolute atomic E-state index is 0.0102. The third-order valence-electron chi connectivity index (χ3n) is 6.06. The molecule has 6 nitrogen and oxygen atoms in total. The number of aromatic carboxylic acids is 1. The molecular weight excluding hydrogens is 404 g/mol. The molecule has 3 aromatic rings. The first kappa shape index (κ1) is 21.6. The number of phenolic OH excluding ortho intramolecular Hbond substituents is 1. The monoisotopic (exact) mass is 430 g/mol. The van der Waals surface area contributed by atoms with Crippen molar-refractivity contribution >= 4 is 17.6 Å². The van der Waals surface area contributed by atoms with E-state index in [1.54, 1.807) is 24.3 Å². The number of carbonyl (C=O) groups excluding carboxylic acids is 1. The molecule has 0 radical (unpaired) electrons. The summed E-state index contributed by atoms with van der Waals surface area (Å²) in [5.74, 6) is -1.47. The van der Waals surface area contributed by atoms with Gasteiger partial charge in [0.05, 0.1) is 16.8 Å². The van der Waals surface area contributed by atoms with Crippen LogP contribution in [0, 0.1) is 0 Å². The van der Waals surface area contributed by atoms with Crippen molar-refractivity contribution in [3.05, 3.63) is 83.4 Å². The fourth-order valence-corrected chi connectivity index (χ4v) is 4.17. The van der Waals surface area contributed by atoms with Gasteiger partial charge < -0.3 is 20.4 Å². The average Bonchev–Trinajstić information content (AvgIpc) is 2.80. The van der Waals surface area contributed by atoms with E-state index in [1.165, 1.54) is 6.07 Å². The Labute approximate surface area is 187 Å². The molecule has 0 bridgehead atoms. The summed E-state index contributed by atoms with van der Waals surface area (Å²) in [4.78, 5) is 27.1. The number of hydrogen-bond acceptors (Lipinski definition) is 4. The number of nitrogens with zero attached hydrogens (tertiary/aromatic N) is 1. The second-order valence-corrected chi connectivity index (χ2v) is 8.24. The number of aromatic hydroxyl groups is 1. The predicted molar refractivity (Wildman–Crippen MR) is 124 cm³/mol. The maximum Gasteiger partial charge on any atom is 0.337 e. The van der Waals surface area contributed by atoms with Gasteiger partial charge in [-0.1, -0.05) is 42.5 Å². The molecule has 4 rings (SSSR count). The fraction of sp³-hybridized carbons (Fsp3) is 0.231. The van der Waals surface area contributed by atoms with E-state index < -0.39 is 11.9 Å². The van der Waals surface area contributed by atoms with Crippen LogP contribution in [0.2, 0.25) is 0 Å². The minimum Gasteiger partial charge on any atom is -0.507 e. The molecular formula is C26H26N2O4. The molecule has 6 heteroatoms. The predicted octanol–water partition coefficient (Wildman–Crippen LogP) is 4.82. The van der Waals surface area contributed by atoms with E-state index in [0.29, 0.717) is 5.92 Å². The first-order valence-corrected chi connectivity index (χ1v) is 10.7. The third kappa shape index (κ3) is 4.65. The maximum absolute atomic E-state index is 13.1. The molecule has 0 aliphatic carbocycles. The summed E-state index contributed by atoms with van der Waals surface area (Å²) in [6.45, 7) is 1.97. The van der Waals surface area contributed by atoms with Crippen LogP contribution in [0.3, 0.4) is 0 Å². The molecule has 0 aromatic heterocycles. The molecule has 1 heterocycles. The Kier molecular flexibility index (Phi) is 6.23. The summed E-state index contributed by atoms with van der Waals surface area (Å²) in [5, 5.41) is 22.7. The number of carbonyl (C=O) groups is 2. The number of likely N-dealkylation sites (tertiary alicyclic amines) is 1. The Hall–Kier alpha value is -3.64. The Morgan fingerprint density at radius 3 is 2.31 bits per heavy atom. The number of hydrogen-bond donors (Lipinski definition) is 3. The lowest BCUT2D eigenvalue weighted by Gasteiger charge is -2.29. The van der Waals surface area contributed by atoms with Gasteiger partial charge in [-0.2, -0.15) is 0 Å². The van der Waals surface area contributed by atoms with Gasteiger partial charge in [0.25, 0.3) is 5.91 Å². The van der Waals surface area contributed by atoms with Gasteiger partial charge in [0.1, 0.15) is 5.75 Å². The van der Waals surface area contributed by atoms with Gasteiger partial charge >= 0.3 is 5.97 Å². The Morgan fingerprint density at radius 1 is 0.906 bits per heavy atom. The van der Waals surface area contributed by atoms with Gasteiger partial charge in [-0.15, -0.1) is 0 Å². The second kappa shape index (κ2) is 9.24. The molecule has 0 atom stereocenters. The Balaban J connectivity index is 1.63. The summed E-state index contributed by atoms with van der Waals surface area (Å²) in [6, 6.07) is 19.5. The summed E-state index contributed by atoms with van der Waals surface area (Å²) < 4.78 is 0. The zero-order chi connectivity index (χ0) is 22.7. The molecule has 164 valence electrons. The highest BCUT2D eigenvalue weighted by Gasteiger charge is 2.22. The molecule has 3 aromatic carbocycles. The molecule has 1 saturated heterocycles. The van der Waals surface area contributed by atoms with Crippen LogP contribution in [0.15, 0.2) is 66.7 Å². The van der Waals surface area contributed by atoms with Crippen LogP contribution < -0.4 is 5.32 Å². The minimum atomic E-state index is -1.13. The molecule has 32 heavy (non-hydrogen) atoms. The normalized spacial score (nSPS) is 14.8. The number of amides is 1. The van der Waals surface area contributed by atoms with E-state index in [0.717, 1.165) is 42.6 Å². The zero-order valence-electron chi connectivity index (χ0n) is 17.9. The maximum atomic E-state index is 13.1. The van der Waals surface area contributed by atoms with E-state index in [-0.39, 0.29) is 22.6 Å². The number of piperidine rings is 1. The lowest BCUT2D eigenvalue weighted by molar-refractivity contribution is 0.0698. The molecule has 1 fully saturated rings. The number of anilines is 1. The van der Waals surface area contributed by atoms with E-state index in [2.05, 4.69) is 17.3 Å². The summed E-state index contributed by atoms with van der Waals surface area (Å²) in [7, 11) is 2.09. The van der Waals surface area contributed by atoms with E-state index in [9.17, 15) is 19.8 Å². The lowest BCUT2D eigenvalue weighted by Crippen LogP contribution is -2.29. The molecule has 0 unspecified atom stereocenters. The van der Waals surface area contributed by atoms with Gasteiger partial charge in [-0.25, -0.2) is 4.79 Å². The van der Waals surface area contributed by atoms with Crippen molar-refractivity contribution in [1.82, 2.24) is 4.90 Å². The largest absolute Gasteiger partial charge is 0.507 e. The van der Waals surface area contributed by atoms with Crippen molar-refractivity contribution in [1.29, 1.82) is 0 Å². The van der Waals surface area contributed by atoms with Gasteiger partial charge in [-0.05, 0) is 79.9 Å². The Morgan fingerprint density at radius 2 is 1.62 bits per heavy atom. The topological polar surface area (TPSA) is 89.9 Å². The van der Waals surface area contributed by atoms with Gasteiger partial charge in [0, 0.05) is 0 Å². The van der Waals surface area contributed by atoms with E-state index in [4.69, 9.17) is 0 Å². The number of carboxylic acid groups (broad SMARTS) is 1. The summed E-state index contributed by atoms with van der Waals surface area (Å²) >= 11 is 0. The third-order valence-corrected chi connectivity index (χ3v) is 6.06. The fourth-order valence-electron chi connectivity index (χ4n) is 4.17. The van der Waals surface area contributed by atoms with Crippen LogP contribution in [0.1, 0.15) is 45.0 Å². The van der Waals surface area contributed by atoms with Crippen LogP contribution in [0.4, 0.5) is 5.69 Å². The molecule has 1 aliphatic heterocycles. The van der Waals surface area contributed by atoms with Crippen molar-refractivity contribution < 1.29 is 19.8 Å². The SMILES string of the molecule is CN1CCC(c2ccc(O)c(C(=O)Nc3cc(-c4ccccc4)ccc3C(=O)O)c2)CC1. The van der Waals surface area contributed by atoms with E-state index in [1.807, 2.05) is 36.4 Å². The Bertz CT molecular complexity index is 1140. The van der Waals surface area contributed by atoms with Crippen LogP contribution in [0.25, 0.3) is 11.1 Å². The second-order valence-electron chi connectivity index (χ2n) is 8.24. The van der Waals surface area contributed by atoms with Gasteiger partial charge in [-0.3, -0.25) is 4.79 Å². The number of carboxylic acids is 1. The number of nitrogens with one attached hydrogen (secondary N) is 1. The first-order chi connectivity index (χ1) is 15.4. The van der Waals surface area contributed by atoms with Crippen molar-refractivity contribution in [3.8, 4) is 16.9 Å². The standard InChI is InChI=1S/C26H26N2O4/c1-28-13-11-18(12-14-28)19-8-10-24(29)22(15-19)25(30)27-23-16-20(7-9-21(23)26(31)32)17-5-3-2-4-6-17/h2-10,15-16,18,29H,11-14H2,1H3,(H,27,30)(H,31,32). The number of rotatable bonds is 5. The number of phenols is 1. The molecule has 0 saturated carbocycles. The highest BCUT2D eigenvalue weighted by molar-refractivity contribution is 6.09. The van der Waals surface area contributed by atoms with Crippen molar-refractivity contribution in [2.75, 3.05) is 25.5 Å². The zero-order valence-corrected chi connectivity index (χ0v) is 17.9. The summed E-state index contributed by atoms with van der Waals surface area (Å²) in [6.07, 6.45) is 1.98. The molecule has 1 aliphatic rings. The average molecular weight is 431 g/mol. The van der Waals surface area contributed by atoms with Crippen molar-refractivity contribution in [2.24, 2.45) is 0 Å².